The van der Waals surface area contributed by atoms with Crippen molar-refractivity contribution in [3.05, 3.63) is 95.1 Å². The van der Waals surface area contributed by atoms with Crippen LogP contribution in [0.1, 0.15) is 25.0 Å². The minimum Gasteiger partial charge on any atom is -0.260 e. The Hall–Kier alpha value is -3.10. The maximum atomic E-state index is 13.8. The monoisotopic (exact) mass is 496 g/mol. The van der Waals surface area contributed by atoms with Crippen LogP contribution in [-0.2, 0) is 20.0 Å². The molecule has 0 unspecified atom stereocenters. The summed E-state index contributed by atoms with van der Waals surface area (Å²) in [6.07, 6.45) is 0. The van der Waals surface area contributed by atoms with E-state index in [-0.39, 0.29) is 22.9 Å². The molecule has 0 atom stereocenters. The highest BCUT2D eigenvalue weighted by atomic mass is 32.2. The zero-order chi connectivity index (χ0) is 24.7. The van der Waals surface area contributed by atoms with Crippen LogP contribution in [0, 0.1) is 13.8 Å². The molecule has 6 nitrogen and oxygen atoms in total. The van der Waals surface area contributed by atoms with E-state index < -0.39 is 20.0 Å². The zero-order valence-electron chi connectivity index (χ0n) is 19.7. The first kappa shape index (κ1) is 24.0. The average molecular weight is 497 g/mol. The number of fused-ring (bicyclic) bond motifs is 1. The predicted molar refractivity (Wildman–Crippen MR) is 136 cm³/mol. The summed E-state index contributed by atoms with van der Waals surface area (Å²) in [5, 5.41) is 0. The Morgan fingerprint density at radius 1 is 0.529 bits per heavy atom. The molecule has 178 valence electrons. The van der Waals surface area contributed by atoms with E-state index in [1.807, 2.05) is 27.7 Å². The zero-order valence-corrected chi connectivity index (χ0v) is 21.3. The van der Waals surface area contributed by atoms with Gasteiger partial charge < -0.3 is 0 Å². The Kier molecular flexibility index (Phi) is 6.31. The number of sulfonamides is 2. The molecule has 0 amide bonds. The van der Waals surface area contributed by atoms with Crippen LogP contribution in [0.15, 0.2) is 93.7 Å². The molecule has 0 bridgehead atoms. The maximum absolute atomic E-state index is 13.8. The lowest BCUT2D eigenvalue weighted by Gasteiger charge is -2.35. The summed E-state index contributed by atoms with van der Waals surface area (Å²) in [5.74, 6) is 0. The molecule has 1 heterocycles. The van der Waals surface area contributed by atoms with E-state index in [4.69, 9.17) is 0 Å². The average Bonchev–Trinajstić information content (AvgIpc) is 2.80. The molecule has 0 spiro atoms. The van der Waals surface area contributed by atoms with Crippen molar-refractivity contribution in [2.24, 2.45) is 0 Å². The van der Waals surface area contributed by atoms with Crippen LogP contribution >= 0.6 is 0 Å². The molecule has 3 aromatic rings. The molecule has 1 aliphatic rings. The van der Waals surface area contributed by atoms with Crippen molar-refractivity contribution in [2.75, 3.05) is 21.7 Å². The van der Waals surface area contributed by atoms with Gasteiger partial charge in [0.2, 0.25) is 0 Å². The quantitative estimate of drug-likeness (QED) is 0.474. The van der Waals surface area contributed by atoms with Gasteiger partial charge >= 0.3 is 0 Å². The van der Waals surface area contributed by atoms with E-state index in [0.29, 0.717) is 11.4 Å². The van der Waals surface area contributed by atoms with Crippen molar-refractivity contribution in [1.82, 2.24) is 0 Å². The minimum absolute atomic E-state index is 0.136. The van der Waals surface area contributed by atoms with Crippen molar-refractivity contribution in [3.8, 4) is 0 Å². The largest absolute Gasteiger partial charge is 0.264 e. The normalized spacial score (nSPS) is 17.2. The standard InChI is InChI=1S/C26H28N2O4S2/c1-19-9-13-23(14-10-19)33(29,30)27-17-21(3)22(4)18-28(26-8-6-5-7-25(26)27)34(31,32)24-15-11-20(2)12-16-24/h5-16H,17-18H2,1-4H3/b22-21-. The third kappa shape index (κ3) is 4.35. The molecule has 8 heteroatoms. The molecular formula is C26H28N2O4S2. The van der Waals surface area contributed by atoms with Gasteiger partial charge in [-0.3, -0.25) is 8.61 Å². The first-order chi connectivity index (χ1) is 16.0. The van der Waals surface area contributed by atoms with Crippen molar-refractivity contribution in [2.45, 2.75) is 37.5 Å². The number of hydrogen-bond donors (Lipinski definition) is 0. The molecule has 4 rings (SSSR count). The highest BCUT2D eigenvalue weighted by Crippen LogP contribution is 2.38. The highest BCUT2D eigenvalue weighted by molar-refractivity contribution is 7.93. The Labute approximate surface area is 202 Å². The summed E-state index contributed by atoms with van der Waals surface area (Å²) in [5.41, 5.74) is 4.16. The number of rotatable bonds is 4. The lowest BCUT2D eigenvalue weighted by molar-refractivity contribution is 0.588. The molecule has 0 aliphatic carbocycles. The van der Waals surface area contributed by atoms with Gasteiger partial charge in [0.05, 0.1) is 34.3 Å². The van der Waals surface area contributed by atoms with Crippen LogP contribution in [0.4, 0.5) is 11.4 Å². The third-order valence-corrected chi connectivity index (χ3v) is 9.68. The number of anilines is 2. The van der Waals surface area contributed by atoms with Gasteiger partial charge in [-0.1, -0.05) is 58.7 Å². The third-order valence-electron chi connectivity index (χ3n) is 6.13. The molecule has 1 aliphatic heterocycles. The van der Waals surface area contributed by atoms with Crippen molar-refractivity contribution >= 4 is 31.4 Å². The molecule has 0 saturated carbocycles. The summed E-state index contributed by atoms with van der Waals surface area (Å²) in [6, 6.07) is 20.1. The van der Waals surface area contributed by atoms with Crippen LogP contribution in [-0.4, -0.2) is 29.9 Å². The van der Waals surface area contributed by atoms with E-state index >= 15 is 0 Å². The fourth-order valence-corrected chi connectivity index (χ4v) is 6.88. The number of benzene rings is 3. The minimum atomic E-state index is -3.95. The van der Waals surface area contributed by atoms with Gasteiger partial charge in [0.1, 0.15) is 0 Å². The molecule has 0 N–H and O–H groups in total. The second-order valence-corrected chi connectivity index (χ2v) is 12.4. The second kappa shape index (κ2) is 8.92. The smallest absolute Gasteiger partial charge is 0.260 e. The predicted octanol–water partition coefficient (Wildman–Crippen LogP) is 5.04. The van der Waals surface area contributed by atoms with Crippen LogP contribution in [0.5, 0.6) is 0 Å². The van der Waals surface area contributed by atoms with E-state index in [2.05, 4.69) is 0 Å². The molecule has 0 aromatic heterocycles. The van der Waals surface area contributed by atoms with Gasteiger partial charge in [0.15, 0.2) is 0 Å². The Bertz CT molecular complexity index is 1350. The first-order valence-corrected chi connectivity index (χ1v) is 13.8. The highest BCUT2D eigenvalue weighted by Gasteiger charge is 2.34. The summed E-state index contributed by atoms with van der Waals surface area (Å²) >= 11 is 0. The van der Waals surface area contributed by atoms with Gasteiger partial charge in [-0.05, 0) is 64.1 Å². The summed E-state index contributed by atoms with van der Waals surface area (Å²) in [6.45, 7) is 7.75. The number of nitrogens with zero attached hydrogens (tertiary/aromatic N) is 2. The molecule has 0 fully saturated rings. The van der Waals surface area contributed by atoms with Crippen LogP contribution in [0.25, 0.3) is 0 Å². The Balaban J connectivity index is 1.93. The fourth-order valence-electron chi connectivity index (χ4n) is 3.86. The Morgan fingerprint density at radius 2 is 0.853 bits per heavy atom. The van der Waals surface area contributed by atoms with Crippen LogP contribution in [0.2, 0.25) is 0 Å². The molecule has 0 saturated heterocycles. The van der Waals surface area contributed by atoms with Gasteiger partial charge in [-0.2, -0.15) is 0 Å². The van der Waals surface area contributed by atoms with Crippen LogP contribution < -0.4 is 8.61 Å². The topological polar surface area (TPSA) is 74.8 Å². The lowest BCUT2D eigenvalue weighted by Crippen LogP contribution is -2.40. The first-order valence-electron chi connectivity index (χ1n) is 10.9. The molecular weight excluding hydrogens is 468 g/mol. The number of para-hydroxylation sites is 2. The SMILES string of the molecule is C/C1=C(\C)CN(S(=O)(=O)c2ccc(C)cc2)c2ccccc2N(S(=O)(=O)c2ccc(C)cc2)C1. The number of hydrogen-bond acceptors (Lipinski definition) is 4. The van der Waals surface area contributed by atoms with Gasteiger partial charge in [0.25, 0.3) is 20.0 Å². The van der Waals surface area contributed by atoms with Gasteiger partial charge in [0, 0.05) is 0 Å². The van der Waals surface area contributed by atoms with Crippen molar-refractivity contribution in [1.29, 1.82) is 0 Å². The van der Waals surface area contributed by atoms with Crippen LogP contribution in [0.3, 0.4) is 0 Å². The van der Waals surface area contributed by atoms with Gasteiger partial charge in [-0.25, -0.2) is 16.8 Å². The van der Waals surface area contributed by atoms with E-state index in [1.54, 1.807) is 72.8 Å². The maximum Gasteiger partial charge on any atom is 0.264 e. The summed E-state index contributed by atoms with van der Waals surface area (Å²) in [4.78, 5) is 0.318. The molecule has 34 heavy (non-hydrogen) atoms. The number of aryl methyl sites for hydroxylation is 2. The Morgan fingerprint density at radius 3 is 1.18 bits per heavy atom. The lowest BCUT2D eigenvalue weighted by atomic mass is 10.1. The summed E-state index contributed by atoms with van der Waals surface area (Å²) < 4.78 is 57.7. The molecule has 0 radical (unpaired) electrons. The van der Waals surface area contributed by atoms with Crippen molar-refractivity contribution in [3.63, 3.8) is 0 Å². The van der Waals surface area contributed by atoms with Gasteiger partial charge in [-0.15, -0.1) is 0 Å². The van der Waals surface area contributed by atoms with Crippen molar-refractivity contribution < 1.29 is 16.8 Å². The van der Waals surface area contributed by atoms with E-state index in [0.717, 1.165) is 22.3 Å². The van der Waals surface area contributed by atoms with E-state index in [9.17, 15) is 16.8 Å². The second-order valence-electron chi connectivity index (χ2n) is 8.70. The molecule has 3 aromatic carbocycles. The summed E-state index contributed by atoms with van der Waals surface area (Å²) in [7, 11) is -7.90. The fraction of sp³-hybridized carbons (Fsp3) is 0.231. The van der Waals surface area contributed by atoms with E-state index in [1.165, 1.54) is 8.61 Å².